The van der Waals surface area contributed by atoms with Crippen molar-refractivity contribution in [2.75, 3.05) is 13.2 Å². The number of phenolic OH excluding ortho intramolecular Hbond substituents is 1. The number of hydrazone groups is 1. The first-order valence-corrected chi connectivity index (χ1v) is 7.80. The molecule has 0 aliphatic rings. The molecule has 0 radical (unpaired) electrons. The number of hydrogen-bond donors (Lipinski definition) is 3. The molecule has 136 valence electrons. The molecule has 26 heavy (non-hydrogen) atoms. The van der Waals surface area contributed by atoms with Crippen LogP contribution in [0.15, 0.2) is 47.6 Å². The van der Waals surface area contributed by atoms with Crippen molar-refractivity contribution >= 4 is 18.0 Å². The van der Waals surface area contributed by atoms with Gasteiger partial charge in [0.25, 0.3) is 11.8 Å². The minimum Gasteiger partial charge on any atom is -0.508 e. The highest BCUT2D eigenvalue weighted by molar-refractivity contribution is 5.95. The predicted octanol–water partition coefficient (Wildman–Crippen LogP) is 1.42. The van der Waals surface area contributed by atoms with Crippen molar-refractivity contribution in [3.05, 3.63) is 53.6 Å². The maximum absolute atomic E-state index is 11.9. The Labute approximate surface area is 150 Å². The zero-order valence-corrected chi connectivity index (χ0v) is 14.1. The van der Waals surface area contributed by atoms with Gasteiger partial charge in [0.05, 0.1) is 12.8 Å². The van der Waals surface area contributed by atoms with Crippen LogP contribution in [0.2, 0.25) is 0 Å². The van der Waals surface area contributed by atoms with Crippen molar-refractivity contribution in [1.82, 2.24) is 5.43 Å². The van der Waals surface area contributed by atoms with E-state index in [1.165, 1.54) is 30.5 Å². The quantitative estimate of drug-likeness (QED) is 0.487. The summed E-state index contributed by atoms with van der Waals surface area (Å²) in [6.45, 7) is 1.97. The van der Waals surface area contributed by atoms with E-state index >= 15 is 0 Å². The van der Waals surface area contributed by atoms with Crippen molar-refractivity contribution in [2.45, 2.75) is 6.92 Å². The normalized spacial score (nSPS) is 10.5. The molecule has 2 rings (SSSR count). The molecule has 0 aliphatic heterocycles. The summed E-state index contributed by atoms with van der Waals surface area (Å²) in [4.78, 5) is 22.8. The summed E-state index contributed by atoms with van der Waals surface area (Å²) in [7, 11) is 0. The Hall–Kier alpha value is -3.55. The van der Waals surface area contributed by atoms with Gasteiger partial charge in [-0.25, -0.2) is 5.43 Å². The minimum absolute atomic E-state index is 0.0761. The fraction of sp³-hybridized carbons (Fsp3) is 0.167. The first-order chi connectivity index (χ1) is 12.5. The lowest BCUT2D eigenvalue weighted by Crippen LogP contribution is -2.20. The topological polar surface area (TPSA) is 123 Å². The summed E-state index contributed by atoms with van der Waals surface area (Å²) in [5.41, 5.74) is 8.48. The maximum atomic E-state index is 11.9. The number of primary amides is 1. The van der Waals surface area contributed by atoms with Gasteiger partial charge >= 0.3 is 0 Å². The number of nitrogens with two attached hydrogens (primary N) is 1. The smallest absolute Gasteiger partial charge is 0.271 e. The molecular weight excluding hydrogens is 338 g/mol. The molecule has 2 aromatic rings. The first-order valence-electron chi connectivity index (χ1n) is 7.80. The SMILES string of the molecule is CCOc1cc(/C=N/NC(=O)c2ccc(O)cc2)ccc1OCC(N)=O. The van der Waals surface area contributed by atoms with Crippen LogP contribution < -0.4 is 20.6 Å². The molecule has 0 spiro atoms. The zero-order chi connectivity index (χ0) is 18.9. The minimum atomic E-state index is -0.588. The molecule has 2 amide bonds. The van der Waals surface area contributed by atoms with E-state index in [0.29, 0.717) is 29.2 Å². The molecule has 0 atom stereocenters. The number of aromatic hydroxyl groups is 1. The summed E-state index contributed by atoms with van der Waals surface area (Å²) in [6, 6.07) is 10.8. The largest absolute Gasteiger partial charge is 0.508 e. The molecule has 8 nitrogen and oxygen atoms in total. The molecule has 0 unspecified atom stereocenters. The Morgan fingerprint density at radius 1 is 1.15 bits per heavy atom. The van der Waals surface area contributed by atoms with E-state index in [0.717, 1.165) is 0 Å². The van der Waals surface area contributed by atoms with Gasteiger partial charge < -0.3 is 20.3 Å². The number of amides is 2. The number of benzene rings is 2. The van der Waals surface area contributed by atoms with Crippen molar-refractivity contribution in [1.29, 1.82) is 0 Å². The van der Waals surface area contributed by atoms with Crippen LogP contribution in [0.4, 0.5) is 0 Å². The van der Waals surface area contributed by atoms with Crippen LogP contribution in [-0.4, -0.2) is 36.3 Å². The number of carbonyl (C=O) groups is 2. The molecule has 0 fully saturated rings. The van der Waals surface area contributed by atoms with Gasteiger partial charge in [-0.15, -0.1) is 0 Å². The van der Waals surface area contributed by atoms with Gasteiger partial charge in [-0.2, -0.15) is 5.10 Å². The lowest BCUT2D eigenvalue weighted by atomic mass is 10.2. The summed E-state index contributed by atoms with van der Waals surface area (Å²) < 4.78 is 10.8. The van der Waals surface area contributed by atoms with E-state index in [1.54, 1.807) is 18.2 Å². The van der Waals surface area contributed by atoms with Gasteiger partial charge in [0.1, 0.15) is 5.75 Å². The molecule has 2 aromatic carbocycles. The fourth-order valence-corrected chi connectivity index (χ4v) is 1.98. The summed E-state index contributed by atoms with van der Waals surface area (Å²) >= 11 is 0. The van der Waals surface area contributed by atoms with E-state index in [1.807, 2.05) is 6.92 Å². The number of rotatable bonds is 8. The molecule has 0 aromatic heterocycles. The average molecular weight is 357 g/mol. The number of phenols is 1. The highest BCUT2D eigenvalue weighted by atomic mass is 16.5. The molecule has 0 aliphatic carbocycles. The van der Waals surface area contributed by atoms with Gasteiger partial charge in [-0.05, 0) is 55.0 Å². The van der Waals surface area contributed by atoms with Crippen LogP contribution in [0.25, 0.3) is 0 Å². The summed E-state index contributed by atoms with van der Waals surface area (Å²) in [5.74, 6) is -0.103. The molecule has 0 saturated carbocycles. The number of hydrogen-bond acceptors (Lipinski definition) is 6. The molecular formula is C18H19N3O5. The Bertz CT molecular complexity index is 803. The average Bonchev–Trinajstić information content (AvgIpc) is 2.61. The van der Waals surface area contributed by atoms with E-state index in [9.17, 15) is 14.7 Å². The summed E-state index contributed by atoms with van der Waals surface area (Å²) in [6.07, 6.45) is 1.44. The highest BCUT2D eigenvalue weighted by Gasteiger charge is 2.08. The Morgan fingerprint density at radius 2 is 1.88 bits per heavy atom. The third kappa shape index (κ3) is 5.52. The predicted molar refractivity (Wildman–Crippen MR) is 95.5 cm³/mol. The van der Waals surface area contributed by atoms with Crippen molar-refractivity contribution < 1.29 is 24.2 Å². The maximum Gasteiger partial charge on any atom is 0.271 e. The van der Waals surface area contributed by atoms with Gasteiger partial charge in [-0.1, -0.05) is 0 Å². The number of nitrogens with one attached hydrogen (secondary N) is 1. The molecule has 8 heteroatoms. The summed E-state index contributed by atoms with van der Waals surface area (Å²) in [5, 5.41) is 13.1. The first kappa shape index (κ1) is 18.8. The Balaban J connectivity index is 2.04. The molecule has 0 saturated heterocycles. The van der Waals surface area contributed by atoms with E-state index in [4.69, 9.17) is 15.2 Å². The Morgan fingerprint density at radius 3 is 2.54 bits per heavy atom. The molecule has 0 bridgehead atoms. The van der Waals surface area contributed by atoms with Crippen molar-refractivity contribution in [3.63, 3.8) is 0 Å². The van der Waals surface area contributed by atoms with Gasteiger partial charge in [-0.3, -0.25) is 9.59 Å². The van der Waals surface area contributed by atoms with Gasteiger partial charge in [0.2, 0.25) is 0 Å². The monoisotopic (exact) mass is 357 g/mol. The molecule has 0 heterocycles. The standard InChI is InChI=1S/C18H19N3O5/c1-2-25-16-9-12(3-8-15(16)26-11-17(19)23)10-20-21-18(24)13-4-6-14(22)7-5-13/h3-10,22H,2,11H2,1H3,(H2,19,23)(H,21,24)/b20-10+. The Kier molecular flexibility index (Phi) is 6.55. The van der Waals surface area contributed by atoms with Crippen molar-refractivity contribution in [3.8, 4) is 17.2 Å². The second kappa shape index (κ2) is 9.07. The van der Waals surface area contributed by atoms with E-state index in [-0.39, 0.29) is 12.4 Å². The second-order valence-electron chi connectivity index (χ2n) is 5.14. The van der Waals surface area contributed by atoms with E-state index in [2.05, 4.69) is 10.5 Å². The van der Waals surface area contributed by atoms with Gasteiger partial charge in [0, 0.05) is 5.56 Å². The lowest BCUT2D eigenvalue weighted by molar-refractivity contribution is -0.119. The van der Waals surface area contributed by atoms with Crippen LogP contribution in [0, 0.1) is 0 Å². The second-order valence-corrected chi connectivity index (χ2v) is 5.14. The van der Waals surface area contributed by atoms with Crippen LogP contribution in [0.5, 0.6) is 17.2 Å². The van der Waals surface area contributed by atoms with Crippen molar-refractivity contribution in [2.24, 2.45) is 10.8 Å². The fourth-order valence-electron chi connectivity index (χ4n) is 1.98. The van der Waals surface area contributed by atoms with E-state index < -0.39 is 11.8 Å². The third-order valence-corrected chi connectivity index (χ3v) is 3.15. The van der Waals surface area contributed by atoms with Crippen LogP contribution in [0.3, 0.4) is 0 Å². The number of ether oxygens (including phenoxy) is 2. The lowest BCUT2D eigenvalue weighted by Gasteiger charge is -2.11. The van der Waals surface area contributed by atoms with Crippen LogP contribution in [-0.2, 0) is 4.79 Å². The zero-order valence-electron chi connectivity index (χ0n) is 14.1. The molecule has 4 N–H and O–H groups in total. The van der Waals surface area contributed by atoms with Crippen LogP contribution in [0.1, 0.15) is 22.8 Å². The van der Waals surface area contributed by atoms with Gasteiger partial charge in [0.15, 0.2) is 18.1 Å². The third-order valence-electron chi connectivity index (χ3n) is 3.15. The highest BCUT2D eigenvalue weighted by Crippen LogP contribution is 2.28. The number of nitrogens with zero attached hydrogens (tertiary/aromatic N) is 1. The number of carbonyl (C=O) groups excluding carboxylic acids is 2. The van der Waals surface area contributed by atoms with Crippen LogP contribution >= 0.6 is 0 Å².